The molecule has 2 heteroatoms. The van der Waals surface area contributed by atoms with E-state index in [1.165, 1.54) is 12.8 Å². The lowest BCUT2D eigenvalue weighted by molar-refractivity contribution is -0.115. The van der Waals surface area contributed by atoms with Gasteiger partial charge in [-0.15, -0.1) is 0 Å². The van der Waals surface area contributed by atoms with Crippen LogP contribution in [-0.4, -0.2) is 30.3 Å². The maximum atomic E-state index is 10.7. The van der Waals surface area contributed by atoms with Crippen molar-refractivity contribution in [3.05, 3.63) is 0 Å². The molecule has 2 nitrogen and oxygen atoms in total. The molecule has 0 aromatic heterocycles. The molecule has 1 aliphatic carbocycles. The third kappa shape index (κ3) is 2.59. The van der Waals surface area contributed by atoms with Gasteiger partial charge in [-0.05, 0) is 19.4 Å². The van der Waals surface area contributed by atoms with Crippen LogP contribution in [-0.2, 0) is 4.79 Å². The van der Waals surface area contributed by atoms with Gasteiger partial charge in [-0.2, -0.15) is 0 Å². The predicted octanol–water partition coefficient (Wildman–Crippen LogP) is 1.70. The molecule has 70 valence electrons. The Balaban J connectivity index is 2.40. The average Bonchev–Trinajstić information content (AvgIpc) is 2.83. The summed E-state index contributed by atoms with van der Waals surface area (Å²) in [6, 6.07) is 0.772. The summed E-state index contributed by atoms with van der Waals surface area (Å²) in [6.45, 7) is 8.16. The van der Waals surface area contributed by atoms with E-state index in [-0.39, 0.29) is 5.41 Å². The number of aldehydes is 1. The maximum Gasteiger partial charge on any atom is 0.126 e. The zero-order valence-electron chi connectivity index (χ0n) is 8.34. The smallest absolute Gasteiger partial charge is 0.126 e. The van der Waals surface area contributed by atoms with Crippen LogP contribution in [0.2, 0.25) is 0 Å². The van der Waals surface area contributed by atoms with Gasteiger partial charge in [0, 0.05) is 18.0 Å². The normalized spacial score (nSPS) is 18.3. The first-order valence-electron chi connectivity index (χ1n) is 4.79. The van der Waals surface area contributed by atoms with Crippen LogP contribution in [0.5, 0.6) is 0 Å². The molecule has 0 bridgehead atoms. The van der Waals surface area contributed by atoms with E-state index in [9.17, 15) is 4.79 Å². The number of carbonyl (C=O) groups excluding carboxylic acids is 1. The minimum Gasteiger partial charge on any atom is -0.303 e. The Morgan fingerprint density at radius 3 is 2.42 bits per heavy atom. The molecule has 0 unspecified atom stereocenters. The topological polar surface area (TPSA) is 20.3 Å². The fourth-order valence-corrected chi connectivity index (χ4v) is 1.50. The van der Waals surface area contributed by atoms with Gasteiger partial charge in [-0.25, -0.2) is 0 Å². The predicted molar refractivity (Wildman–Crippen MR) is 50.1 cm³/mol. The van der Waals surface area contributed by atoms with Gasteiger partial charge in [-0.3, -0.25) is 4.90 Å². The highest BCUT2D eigenvalue weighted by Gasteiger charge is 2.31. The van der Waals surface area contributed by atoms with Gasteiger partial charge in [0.05, 0.1) is 0 Å². The summed E-state index contributed by atoms with van der Waals surface area (Å²) in [7, 11) is 0. The fourth-order valence-electron chi connectivity index (χ4n) is 1.50. The molecule has 1 aliphatic rings. The highest BCUT2D eigenvalue weighted by molar-refractivity contribution is 5.58. The van der Waals surface area contributed by atoms with Gasteiger partial charge in [0.25, 0.3) is 0 Å². The van der Waals surface area contributed by atoms with Crippen molar-refractivity contribution >= 4 is 6.29 Å². The monoisotopic (exact) mass is 169 g/mol. The standard InChI is InChI=1S/C10H19NO/c1-4-11(9-5-6-9)7-10(2,3)8-12/h8-9H,4-7H2,1-3H3. The third-order valence-corrected chi connectivity index (χ3v) is 2.40. The molecule has 1 saturated carbocycles. The number of rotatable bonds is 5. The molecule has 0 N–H and O–H groups in total. The zero-order chi connectivity index (χ0) is 9.19. The molecular weight excluding hydrogens is 150 g/mol. The summed E-state index contributed by atoms with van der Waals surface area (Å²) >= 11 is 0. The Morgan fingerprint density at radius 2 is 2.08 bits per heavy atom. The average molecular weight is 169 g/mol. The maximum absolute atomic E-state index is 10.7. The van der Waals surface area contributed by atoms with Gasteiger partial charge in [-0.1, -0.05) is 20.8 Å². The highest BCUT2D eigenvalue weighted by Crippen LogP contribution is 2.28. The molecule has 0 radical (unpaired) electrons. The summed E-state index contributed by atoms with van der Waals surface area (Å²) in [5, 5.41) is 0. The highest BCUT2D eigenvalue weighted by atomic mass is 16.1. The molecule has 0 aromatic carbocycles. The van der Waals surface area contributed by atoms with Crippen LogP contribution in [0.15, 0.2) is 0 Å². The Bertz CT molecular complexity index is 161. The van der Waals surface area contributed by atoms with E-state index in [1.807, 2.05) is 13.8 Å². The van der Waals surface area contributed by atoms with E-state index in [0.717, 1.165) is 25.4 Å². The minimum absolute atomic E-state index is 0.168. The van der Waals surface area contributed by atoms with Crippen molar-refractivity contribution in [2.24, 2.45) is 5.41 Å². The van der Waals surface area contributed by atoms with Gasteiger partial charge in [0.1, 0.15) is 6.29 Å². The largest absolute Gasteiger partial charge is 0.303 e. The van der Waals surface area contributed by atoms with Crippen molar-refractivity contribution in [1.82, 2.24) is 4.90 Å². The number of hydrogen-bond acceptors (Lipinski definition) is 2. The zero-order valence-corrected chi connectivity index (χ0v) is 8.34. The van der Waals surface area contributed by atoms with Crippen LogP contribution in [0.1, 0.15) is 33.6 Å². The van der Waals surface area contributed by atoms with Crippen molar-refractivity contribution in [3.63, 3.8) is 0 Å². The van der Waals surface area contributed by atoms with Crippen LogP contribution in [0, 0.1) is 5.41 Å². The van der Waals surface area contributed by atoms with Crippen LogP contribution in [0.4, 0.5) is 0 Å². The van der Waals surface area contributed by atoms with E-state index in [1.54, 1.807) is 0 Å². The quantitative estimate of drug-likeness (QED) is 0.584. The molecule has 12 heavy (non-hydrogen) atoms. The molecule has 0 atom stereocenters. The first kappa shape index (κ1) is 9.72. The van der Waals surface area contributed by atoms with E-state index >= 15 is 0 Å². The Labute approximate surface area is 74.9 Å². The van der Waals surface area contributed by atoms with Gasteiger partial charge < -0.3 is 4.79 Å². The first-order valence-corrected chi connectivity index (χ1v) is 4.79. The number of carbonyl (C=O) groups is 1. The molecule has 0 saturated heterocycles. The van der Waals surface area contributed by atoms with Crippen LogP contribution >= 0.6 is 0 Å². The summed E-state index contributed by atoms with van der Waals surface area (Å²) in [5.41, 5.74) is -0.168. The van der Waals surface area contributed by atoms with Crippen molar-refractivity contribution in [3.8, 4) is 0 Å². The van der Waals surface area contributed by atoms with E-state index < -0.39 is 0 Å². The molecule has 0 spiro atoms. The summed E-state index contributed by atoms with van der Waals surface area (Å²) in [4.78, 5) is 13.1. The SMILES string of the molecule is CCN(CC(C)(C)C=O)C1CC1. The summed E-state index contributed by atoms with van der Waals surface area (Å²) in [6.07, 6.45) is 3.71. The molecule has 1 fully saturated rings. The van der Waals surface area contributed by atoms with E-state index in [0.29, 0.717) is 0 Å². The molecule has 0 aromatic rings. The van der Waals surface area contributed by atoms with Crippen molar-refractivity contribution in [2.45, 2.75) is 39.7 Å². The molecular formula is C10H19NO. The second-order valence-corrected chi connectivity index (χ2v) is 4.40. The third-order valence-electron chi connectivity index (χ3n) is 2.40. The van der Waals surface area contributed by atoms with Crippen LogP contribution < -0.4 is 0 Å². The van der Waals surface area contributed by atoms with Crippen molar-refractivity contribution < 1.29 is 4.79 Å². The van der Waals surface area contributed by atoms with Crippen LogP contribution in [0.25, 0.3) is 0 Å². The van der Waals surface area contributed by atoms with E-state index in [2.05, 4.69) is 11.8 Å². The van der Waals surface area contributed by atoms with Gasteiger partial charge in [0.15, 0.2) is 0 Å². The van der Waals surface area contributed by atoms with Gasteiger partial charge >= 0.3 is 0 Å². The minimum atomic E-state index is -0.168. The lowest BCUT2D eigenvalue weighted by Crippen LogP contribution is -2.36. The van der Waals surface area contributed by atoms with E-state index in [4.69, 9.17) is 0 Å². The van der Waals surface area contributed by atoms with Crippen molar-refractivity contribution in [2.75, 3.05) is 13.1 Å². The van der Waals surface area contributed by atoms with Gasteiger partial charge in [0.2, 0.25) is 0 Å². The summed E-state index contributed by atoms with van der Waals surface area (Å²) in [5.74, 6) is 0. The van der Waals surface area contributed by atoms with Crippen molar-refractivity contribution in [1.29, 1.82) is 0 Å². The Hall–Kier alpha value is -0.370. The molecule has 0 amide bonds. The Morgan fingerprint density at radius 1 is 1.50 bits per heavy atom. The summed E-state index contributed by atoms with van der Waals surface area (Å²) < 4.78 is 0. The lowest BCUT2D eigenvalue weighted by Gasteiger charge is -2.27. The second kappa shape index (κ2) is 3.56. The van der Waals surface area contributed by atoms with Crippen LogP contribution in [0.3, 0.4) is 0 Å². The lowest BCUT2D eigenvalue weighted by atomic mass is 9.95. The second-order valence-electron chi connectivity index (χ2n) is 4.40. The molecule has 1 rings (SSSR count). The first-order chi connectivity index (χ1) is 5.59. The number of nitrogens with zero attached hydrogens (tertiary/aromatic N) is 1. The molecule has 0 aliphatic heterocycles. The fraction of sp³-hybridized carbons (Fsp3) is 0.900. The Kier molecular flexibility index (Phi) is 2.89. The number of hydrogen-bond donors (Lipinski definition) is 0. The molecule has 0 heterocycles.